The average molecular weight is 270 g/mol. The molecule has 1 aromatic carbocycles. The van der Waals surface area contributed by atoms with Crippen molar-refractivity contribution in [2.24, 2.45) is 5.92 Å². The lowest BCUT2D eigenvalue weighted by molar-refractivity contribution is 0.0695. The standard InChI is InChI=1S/C17H22N2O/c20-16-9-2-1-5-14(16)11-18-12-15-7-3-6-13-8-4-10-19-17(13)15/h3-4,6-8,10,14,16,18,20H,1-2,5,9,11-12H2. The first-order valence-electron chi connectivity index (χ1n) is 7.56. The van der Waals surface area contributed by atoms with Crippen LogP contribution in [0.25, 0.3) is 10.9 Å². The third kappa shape index (κ3) is 3.00. The van der Waals surface area contributed by atoms with Crippen LogP contribution in [0.5, 0.6) is 0 Å². The average Bonchev–Trinajstić information content (AvgIpc) is 2.49. The lowest BCUT2D eigenvalue weighted by atomic mass is 9.86. The zero-order chi connectivity index (χ0) is 13.8. The molecule has 3 heteroatoms. The largest absolute Gasteiger partial charge is 0.393 e. The van der Waals surface area contributed by atoms with Gasteiger partial charge in [0.2, 0.25) is 0 Å². The smallest absolute Gasteiger partial charge is 0.0746 e. The van der Waals surface area contributed by atoms with Crippen LogP contribution in [0.15, 0.2) is 36.5 Å². The number of benzene rings is 1. The van der Waals surface area contributed by atoms with Crippen LogP contribution in [-0.2, 0) is 6.54 Å². The summed E-state index contributed by atoms with van der Waals surface area (Å²) in [5, 5.41) is 14.7. The number of fused-ring (bicyclic) bond motifs is 1. The van der Waals surface area contributed by atoms with Crippen LogP contribution in [0.2, 0.25) is 0 Å². The van der Waals surface area contributed by atoms with Gasteiger partial charge in [-0.15, -0.1) is 0 Å². The van der Waals surface area contributed by atoms with E-state index >= 15 is 0 Å². The summed E-state index contributed by atoms with van der Waals surface area (Å²) in [7, 11) is 0. The minimum atomic E-state index is -0.123. The van der Waals surface area contributed by atoms with Crippen molar-refractivity contribution in [2.75, 3.05) is 6.54 Å². The molecule has 1 aliphatic rings. The van der Waals surface area contributed by atoms with Crippen molar-refractivity contribution in [2.45, 2.75) is 38.3 Å². The topological polar surface area (TPSA) is 45.1 Å². The van der Waals surface area contributed by atoms with Crippen molar-refractivity contribution >= 4 is 10.9 Å². The van der Waals surface area contributed by atoms with Gasteiger partial charge in [-0.25, -0.2) is 0 Å². The van der Waals surface area contributed by atoms with Crippen LogP contribution in [-0.4, -0.2) is 22.7 Å². The Morgan fingerprint density at radius 2 is 2.00 bits per heavy atom. The van der Waals surface area contributed by atoms with Gasteiger partial charge in [0, 0.05) is 24.7 Å². The molecule has 1 aliphatic carbocycles. The Kier molecular flexibility index (Phi) is 4.28. The van der Waals surface area contributed by atoms with E-state index in [2.05, 4.69) is 34.6 Å². The number of aromatic nitrogens is 1. The summed E-state index contributed by atoms with van der Waals surface area (Å²) in [5.74, 6) is 0.409. The van der Waals surface area contributed by atoms with Gasteiger partial charge >= 0.3 is 0 Å². The lowest BCUT2D eigenvalue weighted by Gasteiger charge is -2.27. The molecule has 1 heterocycles. The van der Waals surface area contributed by atoms with Crippen LogP contribution in [0.1, 0.15) is 31.2 Å². The van der Waals surface area contributed by atoms with E-state index in [1.54, 1.807) is 0 Å². The van der Waals surface area contributed by atoms with Crippen molar-refractivity contribution in [3.63, 3.8) is 0 Å². The van der Waals surface area contributed by atoms with Crippen molar-refractivity contribution in [1.29, 1.82) is 0 Å². The maximum Gasteiger partial charge on any atom is 0.0746 e. The second-order valence-corrected chi connectivity index (χ2v) is 5.74. The molecule has 1 fully saturated rings. The molecule has 20 heavy (non-hydrogen) atoms. The number of nitrogens with one attached hydrogen (secondary N) is 1. The highest BCUT2D eigenvalue weighted by Gasteiger charge is 2.22. The monoisotopic (exact) mass is 270 g/mol. The quantitative estimate of drug-likeness (QED) is 0.898. The van der Waals surface area contributed by atoms with Crippen molar-refractivity contribution < 1.29 is 5.11 Å². The fraction of sp³-hybridized carbons (Fsp3) is 0.471. The number of hydrogen-bond acceptors (Lipinski definition) is 3. The molecule has 0 aliphatic heterocycles. The summed E-state index contributed by atoms with van der Waals surface area (Å²) in [6, 6.07) is 10.4. The molecule has 2 atom stereocenters. The van der Waals surface area contributed by atoms with E-state index in [4.69, 9.17) is 0 Å². The number of para-hydroxylation sites is 1. The number of nitrogens with zero attached hydrogens (tertiary/aromatic N) is 1. The summed E-state index contributed by atoms with van der Waals surface area (Å²) >= 11 is 0. The molecule has 0 bridgehead atoms. The Hall–Kier alpha value is -1.45. The molecular formula is C17H22N2O. The molecule has 0 spiro atoms. The Balaban J connectivity index is 1.62. The van der Waals surface area contributed by atoms with Gasteiger partial charge in [-0.1, -0.05) is 37.1 Å². The molecule has 0 amide bonds. The predicted molar refractivity (Wildman–Crippen MR) is 81.4 cm³/mol. The first kappa shape index (κ1) is 13.5. The Morgan fingerprint density at radius 3 is 2.90 bits per heavy atom. The Morgan fingerprint density at radius 1 is 1.15 bits per heavy atom. The highest BCUT2D eigenvalue weighted by Crippen LogP contribution is 2.24. The van der Waals surface area contributed by atoms with E-state index in [1.165, 1.54) is 23.8 Å². The van der Waals surface area contributed by atoms with Gasteiger partial charge in [-0.2, -0.15) is 0 Å². The van der Waals surface area contributed by atoms with E-state index in [1.807, 2.05) is 12.3 Å². The van der Waals surface area contributed by atoms with Gasteiger partial charge in [0.1, 0.15) is 0 Å². The van der Waals surface area contributed by atoms with Crippen LogP contribution in [0.4, 0.5) is 0 Å². The maximum atomic E-state index is 9.99. The summed E-state index contributed by atoms with van der Waals surface area (Å²) in [5.41, 5.74) is 2.31. The molecular weight excluding hydrogens is 248 g/mol. The highest BCUT2D eigenvalue weighted by atomic mass is 16.3. The summed E-state index contributed by atoms with van der Waals surface area (Å²) in [6.07, 6.45) is 6.24. The molecule has 3 rings (SSSR count). The number of aliphatic hydroxyl groups excluding tert-OH is 1. The zero-order valence-corrected chi connectivity index (χ0v) is 11.8. The van der Waals surface area contributed by atoms with Crippen LogP contribution in [0.3, 0.4) is 0 Å². The van der Waals surface area contributed by atoms with E-state index in [0.29, 0.717) is 5.92 Å². The fourth-order valence-electron chi connectivity index (χ4n) is 3.13. The summed E-state index contributed by atoms with van der Waals surface area (Å²) < 4.78 is 0. The number of pyridine rings is 1. The molecule has 2 aromatic rings. The predicted octanol–water partition coefficient (Wildman–Crippen LogP) is 2.88. The van der Waals surface area contributed by atoms with Crippen molar-refractivity contribution in [1.82, 2.24) is 10.3 Å². The molecule has 3 nitrogen and oxygen atoms in total. The molecule has 1 saturated carbocycles. The SMILES string of the molecule is OC1CCCCC1CNCc1cccc2cccnc12. The van der Waals surface area contributed by atoms with Gasteiger partial charge in [-0.05, 0) is 30.4 Å². The van der Waals surface area contributed by atoms with E-state index < -0.39 is 0 Å². The van der Waals surface area contributed by atoms with Gasteiger partial charge in [0.25, 0.3) is 0 Å². The molecule has 106 valence electrons. The van der Waals surface area contributed by atoms with Crippen LogP contribution >= 0.6 is 0 Å². The highest BCUT2D eigenvalue weighted by molar-refractivity contribution is 5.81. The van der Waals surface area contributed by atoms with Gasteiger partial charge in [0.15, 0.2) is 0 Å². The third-order valence-corrected chi connectivity index (χ3v) is 4.31. The van der Waals surface area contributed by atoms with E-state index in [9.17, 15) is 5.11 Å². The maximum absolute atomic E-state index is 9.99. The summed E-state index contributed by atoms with van der Waals surface area (Å²) in [6.45, 7) is 1.71. The lowest BCUT2D eigenvalue weighted by Crippen LogP contribution is -2.33. The minimum absolute atomic E-state index is 0.123. The number of rotatable bonds is 4. The fourth-order valence-corrected chi connectivity index (χ4v) is 3.13. The van der Waals surface area contributed by atoms with E-state index in [0.717, 1.165) is 31.4 Å². The Bertz CT molecular complexity index is 564. The van der Waals surface area contributed by atoms with Crippen LogP contribution in [0, 0.1) is 5.92 Å². The normalized spacial score (nSPS) is 23.1. The molecule has 2 N–H and O–H groups in total. The molecule has 1 aromatic heterocycles. The second-order valence-electron chi connectivity index (χ2n) is 5.74. The van der Waals surface area contributed by atoms with Crippen molar-refractivity contribution in [3.8, 4) is 0 Å². The second kappa shape index (κ2) is 6.33. The van der Waals surface area contributed by atoms with Gasteiger partial charge in [0.05, 0.1) is 11.6 Å². The summed E-state index contributed by atoms with van der Waals surface area (Å²) in [4.78, 5) is 4.47. The number of hydrogen-bond donors (Lipinski definition) is 2. The van der Waals surface area contributed by atoms with Gasteiger partial charge < -0.3 is 10.4 Å². The van der Waals surface area contributed by atoms with Crippen LogP contribution < -0.4 is 5.32 Å². The van der Waals surface area contributed by atoms with Gasteiger partial charge in [-0.3, -0.25) is 4.98 Å². The third-order valence-electron chi connectivity index (χ3n) is 4.31. The first-order valence-corrected chi connectivity index (χ1v) is 7.56. The molecule has 0 saturated heterocycles. The number of aliphatic hydroxyl groups is 1. The Labute approximate surface area is 120 Å². The minimum Gasteiger partial charge on any atom is -0.393 e. The van der Waals surface area contributed by atoms with E-state index in [-0.39, 0.29) is 6.10 Å². The first-order chi connectivity index (χ1) is 9.84. The van der Waals surface area contributed by atoms with Crippen molar-refractivity contribution in [3.05, 3.63) is 42.1 Å². The molecule has 2 unspecified atom stereocenters. The zero-order valence-electron chi connectivity index (χ0n) is 11.8. The molecule has 0 radical (unpaired) electrons.